The molecular formula is C12H9FO2. The minimum atomic E-state index is -0.356. The summed E-state index contributed by atoms with van der Waals surface area (Å²) in [5.74, 6) is -0.204. The second kappa shape index (κ2) is 3.69. The smallest absolute Gasteiger partial charge is 0.185 e. The second-order valence-corrected chi connectivity index (χ2v) is 3.30. The summed E-state index contributed by atoms with van der Waals surface area (Å²) in [5, 5.41) is 0. The number of hydrogen-bond acceptors (Lipinski definition) is 2. The van der Waals surface area contributed by atoms with Crippen molar-refractivity contribution in [2.45, 2.75) is 6.92 Å². The summed E-state index contributed by atoms with van der Waals surface area (Å²) in [6.45, 7) is 1.86. The van der Waals surface area contributed by atoms with Crippen molar-refractivity contribution in [2.24, 2.45) is 0 Å². The zero-order valence-corrected chi connectivity index (χ0v) is 8.16. The lowest BCUT2D eigenvalue weighted by atomic mass is 10.0. The monoisotopic (exact) mass is 204 g/mol. The van der Waals surface area contributed by atoms with Gasteiger partial charge in [-0.25, -0.2) is 4.39 Å². The number of hydrogen-bond donors (Lipinski definition) is 0. The molecule has 1 heterocycles. The van der Waals surface area contributed by atoms with Crippen molar-refractivity contribution >= 4 is 6.29 Å². The van der Waals surface area contributed by atoms with Gasteiger partial charge in [0.1, 0.15) is 5.82 Å². The number of rotatable bonds is 2. The molecule has 0 aliphatic carbocycles. The van der Waals surface area contributed by atoms with E-state index >= 15 is 0 Å². The first-order valence-corrected chi connectivity index (χ1v) is 4.51. The summed E-state index contributed by atoms with van der Waals surface area (Å²) in [5.41, 5.74) is 1.82. The van der Waals surface area contributed by atoms with Gasteiger partial charge >= 0.3 is 0 Å². The minimum absolute atomic E-state index is 0.152. The van der Waals surface area contributed by atoms with Crippen molar-refractivity contribution in [3.8, 4) is 11.1 Å². The predicted molar refractivity (Wildman–Crippen MR) is 54.2 cm³/mol. The summed E-state index contributed by atoms with van der Waals surface area (Å²) in [6, 6.07) is 6.33. The molecule has 0 spiro atoms. The second-order valence-electron chi connectivity index (χ2n) is 3.30. The molecule has 3 heteroatoms. The Morgan fingerprint density at radius 3 is 2.80 bits per heavy atom. The van der Waals surface area contributed by atoms with Gasteiger partial charge in [-0.15, -0.1) is 0 Å². The van der Waals surface area contributed by atoms with Crippen molar-refractivity contribution in [3.63, 3.8) is 0 Å². The van der Waals surface area contributed by atoms with E-state index in [2.05, 4.69) is 0 Å². The number of halogens is 1. The third-order valence-electron chi connectivity index (χ3n) is 2.21. The summed E-state index contributed by atoms with van der Waals surface area (Å²) >= 11 is 0. The van der Waals surface area contributed by atoms with Crippen LogP contribution in [0.5, 0.6) is 0 Å². The first-order valence-electron chi connectivity index (χ1n) is 4.51. The van der Waals surface area contributed by atoms with Crippen LogP contribution in [-0.2, 0) is 0 Å². The molecule has 0 radical (unpaired) electrons. The van der Waals surface area contributed by atoms with Crippen LogP contribution in [0.25, 0.3) is 11.1 Å². The highest BCUT2D eigenvalue weighted by molar-refractivity contribution is 5.84. The van der Waals surface area contributed by atoms with E-state index < -0.39 is 0 Å². The van der Waals surface area contributed by atoms with Gasteiger partial charge in [0.15, 0.2) is 12.0 Å². The van der Waals surface area contributed by atoms with Crippen LogP contribution < -0.4 is 0 Å². The van der Waals surface area contributed by atoms with E-state index in [1.54, 1.807) is 18.2 Å². The SMILES string of the molecule is Cc1ccc(F)c(-c2ccoc2C=O)c1. The topological polar surface area (TPSA) is 30.2 Å². The first-order chi connectivity index (χ1) is 7.22. The fraction of sp³-hybridized carbons (Fsp3) is 0.0833. The predicted octanol–water partition coefficient (Wildman–Crippen LogP) is 3.21. The van der Waals surface area contributed by atoms with Crippen molar-refractivity contribution in [3.05, 3.63) is 47.7 Å². The molecule has 0 saturated heterocycles. The van der Waals surface area contributed by atoms with Gasteiger partial charge in [-0.1, -0.05) is 11.6 Å². The van der Waals surface area contributed by atoms with Gasteiger partial charge in [0, 0.05) is 11.1 Å². The van der Waals surface area contributed by atoms with Crippen molar-refractivity contribution in [2.75, 3.05) is 0 Å². The van der Waals surface area contributed by atoms with Gasteiger partial charge in [-0.3, -0.25) is 4.79 Å². The molecule has 76 valence electrons. The lowest BCUT2D eigenvalue weighted by molar-refractivity contribution is 0.110. The van der Waals surface area contributed by atoms with E-state index in [0.29, 0.717) is 17.4 Å². The molecular weight excluding hydrogens is 195 g/mol. The molecule has 2 nitrogen and oxygen atoms in total. The Kier molecular flexibility index (Phi) is 2.37. The largest absolute Gasteiger partial charge is 0.461 e. The van der Waals surface area contributed by atoms with Crippen LogP contribution in [0.15, 0.2) is 34.9 Å². The van der Waals surface area contributed by atoms with E-state index in [1.807, 2.05) is 6.92 Å². The number of carbonyl (C=O) groups is 1. The fourth-order valence-corrected chi connectivity index (χ4v) is 1.48. The maximum atomic E-state index is 13.5. The Hall–Kier alpha value is -1.90. The number of aryl methyl sites for hydroxylation is 1. The molecule has 0 saturated carbocycles. The van der Waals surface area contributed by atoms with E-state index in [0.717, 1.165) is 5.56 Å². The molecule has 2 rings (SSSR count). The molecule has 0 atom stereocenters. The molecule has 0 aliphatic rings. The Labute approximate surface area is 86.3 Å². The van der Waals surface area contributed by atoms with Gasteiger partial charge < -0.3 is 4.42 Å². The molecule has 0 unspecified atom stereocenters. The lowest BCUT2D eigenvalue weighted by Gasteiger charge is -2.02. The van der Waals surface area contributed by atoms with Gasteiger partial charge in [0.2, 0.25) is 0 Å². The molecule has 0 N–H and O–H groups in total. The van der Waals surface area contributed by atoms with Crippen LogP contribution in [0.4, 0.5) is 4.39 Å². The molecule has 0 aliphatic heterocycles. The standard InChI is InChI=1S/C12H9FO2/c1-8-2-3-11(13)10(6-8)9-4-5-15-12(9)7-14/h2-7H,1H3. The average Bonchev–Trinajstić information content (AvgIpc) is 2.69. The van der Waals surface area contributed by atoms with E-state index in [-0.39, 0.29) is 11.6 Å². The Balaban J connectivity index is 2.62. The number of carbonyl (C=O) groups excluding carboxylic acids is 1. The van der Waals surface area contributed by atoms with Crippen molar-refractivity contribution in [1.29, 1.82) is 0 Å². The molecule has 15 heavy (non-hydrogen) atoms. The van der Waals surface area contributed by atoms with Gasteiger partial charge in [-0.05, 0) is 25.1 Å². The van der Waals surface area contributed by atoms with Crippen molar-refractivity contribution in [1.82, 2.24) is 0 Å². The van der Waals surface area contributed by atoms with Gasteiger partial charge in [-0.2, -0.15) is 0 Å². The zero-order chi connectivity index (χ0) is 10.8. The number of benzene rings is 1. The number of furan rings is 1. The maximum Gasteiger partial charge on any atom is 0.185 e. The zero-order valence-electron chi connectivity index (χ0n) is 8.16. The maximum absolute atomic E-state index is 13.5. The van der Waals surface area contributed by atoms with Crippen LogP contribution in [0.1, 0.15) is 16.1 Å². The molecule has 0 fully saturated rings. The Morgan fingerprint density at radius 1 is 1.27 bits per heavy atom. The quantitative estimate of drug-likeness (QED) is 0.703. The highest BCUT2D eigenvalue weighted by Gasteiger charge is 2.11. The molecule has 1 aromatic carbocycles. The summed E-state index contributed by atoms with van der Waals surface area (Å²) in [7, 11) is 0. The first kappa shape index (κ1) is 9.65. The van der Waals surface area contributed by atoms with E-state index in [9.17, 15) is 9.18 Å². The average molecular weight is 204 g/mol. The number of aldehydes is 1. The van der Waals surface area contributed by atoms with Gasteiger partial charge in [0.05, 0.1) is 6.26 Å². The van der Waals surface area contributed by atoms with Crippen LogP contribution in [0.3, 0.4) is 0 Å². The van der Waals surface area contributed by atoms with E-state index in [4.69, 9.17) is 4.42 Å². The Morgan fingerprint density at radius 2 is 2.07 bits per heavy atom. The van der Waals surface area contributed by atoms with Crippen LogP contribution in [0, 0.1) is 12.7 Å². The summed E-state index contributed by atoms with van der Waals surface area (Å²) in [4.78, 5) is 10.6. The minimum Gasteiger partial charge on any atom is -0.461 e. The van der Waals surface area contributed by atoms with Gasteiger partial charge in [0.25, 0.3) is 0 Å². The fourth-order valence-electron chi connectivity index (χ4n) is 1.48. The highest BCUT2D eigenvalue weighted by atomic mass is 19.1. The van der Waals surface area contributed by atoms with E-state index in [1.165, 1.54) is 12.3 Å². The van der Waals surface area contributed by atoms with Crippen molar-refractivity contribution < 1.29 is 13.6 Å². The highest BCUT2D eigenvalue weighted by Crippen LogP contribution is 2.27. The molecule has 0 amide bonds. The van der Waals surface area contributed by atoms with Crippen LogP contribution in [0.2, 0.25) is 0 Å². The normalized spacial score (nSPS) is 10.3. The Bertz CT molecular complexity index is 500. The molecule has 0 bridgehead atoms. The van der Waals surface area contributed by atoms with Crippen LogP contribution in [-0.4, -0.2) is 6.29 Å². The molecule has 1 aromatic heterocycles. The third-order valence-corrected chi connectivity index (χ3v) is 2.21. The molecule has 2 aromatic rings. The lowest BCUT2D eigenvalue weighted by Crippen LogP contribution is -1.87. The third kappa shape index (κ3) is 1.68. The van der Waals surface area contributed by atoms with Crippen LogP contribution >= 0.6 is 0 Å². The summed E-state index contributed by atoms with van der Waals surface area (Å²) < 4.78 is 18.4. The summed E-state index contributed by atoms with van der Waals surface area (Å²) in [6.07, 6.45) is 1.96.